The van der Waals surface area contributed by atoms with E-state index in [0.717, 1.165) is 19.3 Å². The van der Waals surface area contributed by atoms with E-state index in [-0.39, 0.29) is 12.0 Å². The Morgan fingerprint density at radius 1 is 1.29 bits per heavy atom. The number of rotatable bonds is 5. The van der Waals surface area contributed by atoms with Crippen LogP contribution in [0.1, 0.15) is 33.1 Å². The van der Waals surface area contributed by atoms with Crippen molar-refractivity contribution in [2.75, 3.05) is 6.54 Å². The summed E-state index contributed by atoms with van der Waals surface area (Å²) >= 11 is 0. The van der Waals surface area contributed by atoms with Gasteiger partial charge in [-0.2, -0.15) is 0 Å². The van der Waals surface area contributed by atoms with Crippen molar-refractivity contribution in [1.82, 2.24) is 5.32 Å². The SMILES string of the molecule is CC(C(=O)O)C(C)C(=O)NCC1CCC(O)C1. The Labute approximate surface area is 101 Å². The molecule has 0 radical (unpaired) electrons. The Balaban J connectivity index is 2.31. The molecule has 5 nitrogen and oxygen atoms in total. The fourth-order valence-electron chi connectivity index (χ4n) is 2.08. The molecule has 0 aromatic rings. The molecular weight excluding hydrogens is 222 g/mol. The highest BCUT2D eigenvalue weighted by atomic mass is 16.4. The van der Waals surface area contributed by atoms with Crippen LogP contribution in [-0.4, -0.2) is 34.7 Å². The van der Waals surface area contributed by atoms with Gasteiger partial charge in [0.1, 0.15) is 0 Å². The molecule has 5 heteroatoms. The number of hydrogen-bond acceptors (Lipinski definition) is 3. The Hall–Kier alpha value is -1.10. The highest BCUT2D eigenvalue weighted by Gasteiger charge is 2.27. The third-order valence-electron chi connectivity index (χ3n) is 3.63. The van der Waals surface area contributed by atoms with Gasteiger partial charge in [0.15, 0.2) is 0 Å². The highest BCUT2D eigenvalue weighted by molar-refractivity contribution is 5.84. The van der Waals surface area contributed by atoms with Crippen LogP contribution >= 0.6 is 0 Å². The van der Waals surface area contributed by atoms with Gasteiger partial charge < -0.3 is 15.5 Å². The minimum absolute atomic E-state index is 0.221. The third kappa shape index (κ3) is 4.00. The summed E-state index contributed by atoms with van der Waals surface area (Å²) < 4.78 is 0. The number of aliphatic hydroxyl groups is 1. The number of hydrogen-bond donors (Lipinski definition) is 3. The summed E-state index contributed by atoms with van der Waals surface area (Å²) in [7, 11) is 0. The van der Waals surface area contributed by atoms with Gasteiger partial charge in [-0.25, -0.2) is 0 Å². The lowest BCUT2D eigenvalue weighted by Gasteiger charge is -2.17. The van der Waals surface area contributed by atoms with Gasteiger partial charge in [0.25, 0.3) is 0 Å². The van der Waals surface area contributed by atoms with Gasteiger partial charge in [-0.3, -0.25) is 9.59 Å². The van der Waals surface area contributed by atoms with Crippen LogP contribution in [0.4, 0.5) is 0 Å². The maximum atomic E-state index is 11.7. The lowest BCUT2D eigenvalue weighted by atomic mass is 9.95. The molecule has 1 amide bonds. The topological polar surface area (TPSA) is 86.6 Å². The maximum Gasteiger partial charge on any atom is 0.307 e. The summed E-state index contributed by atoms with van der Waals surface area (Å²) in [6.45, 7) is 3.69. The lowest BCUT2D eigenvalue weighted by Crippen LogP contribution is -2.37. The molecule has 0 spiro atoms. The minimum Gasteiger partial charge on any atom is -0.481 e. The molecule has 4 unspecified atom stereocenters. The Morgan fingerprint density at radius 2 is 1.94 bits per heavy atom. The summed E-state index contributed by atoms with van der Waals surface area (Å²) in [4.78, 5) is 22.4. The predicted octanol–water partition coefficient (Wildman–Crippen LogP) is 0.620. The van der Waals surface area contributed by atoms with Crippen LogP contribution in [0.2, 0.25) is 0 Å². The smallest absolute Gasteiger partial charge is 0.307 e. The van der Waals surface area contributed by atoms with Crippen molar-refractivity contribution in [3.8, 4) is 0 Å². The Kier molecular flexibility index (Phi) is 4.93. The number of amides is 1. The van der Waals surface area contributed by atoms with Gasteiger partial charge in [0.2, 0.25) is 5.91 Å². The first kappa shape index (κ1) is 14.0. The standard InChI is InChI=1S/C12H21NO4/c1-7(8(2)12(16)17)11(15)13-6-9-3-4-10(14)5-9/h7-10,14H,3-6H2,1-2H3,(H,13,15)(H,16,17). The second kappa shape index (κ2) is 6.00. The molecule has 4 atom stereocenters. The first-order valence-corrected chi connectivity index (χ1v) is 6.10. The van der Waals surface area contributed by atoms with Crippen LogP contribution in [0, 0.1) is 17.8 Å². The highest BCUT2D eigenvalue weighted by Crippen LogP contribution is 2.24. The van der Waals surface area contributed by atoms with E-state index >= 15 is 0 Å². The monoisotopic (exact) mass is 243 g/mol. The van der Waals surface area contributed by atoms with E-state index in [1.165, 1.54) is 6.92 Å². The van der Waals surface area contributed by atoms with E-state index in [4.69, 9.17) is 5.11 Å². The van der Waals surface area contributed by atoms with E-state index in [2.05, 4.69) is 5.32 Å². The first-order valence-electron chi connectivity index (χ1n) is 6.10. The van der Waals surface area contributed by atoms with E-state index in [0.29, 0.717) is 12.5 Å². The largest absolute Gasteiger partial charge is 0.481 e. The second-order valence-electron chi connectivity index (χ2n) is 4.99. The van der Waals surface area contributed by atoms with Crippen molar-refractivity contribution >= 4 is 11.9 Å². The number of carboxylic acid groups (broad SMARTS) is 1. The molecule has 0 aromatic carbocycles. The summed E-state index contributed by atoms with van der Waals surface area (Å²) in [5.41, 5.74) is 0. The molecule has 0 heterocycles. The molecule has 1 saturated carbocycles. The van der Waals surface area contributed by atoms with Gasteiger partial charge in [-0.15, -0.1) is 0 Å². The van der Waals surface area contributed by atoms with Gasteiger partial charge in [0.05, 0.1) is 12.0 Å². The van der Waals surface area contributed by atoms with E-state index < -0.39 is 17.8 Å². The van der Waals surface area contributed by atoms with Crippen molar-refractivity contribution < 1.29 is 19.8 Å². The molecular formula is C12H21NO4. The minimum atomic E-state index is -0.955. The molecule has 0 aliphatic heterocycles. The number of carboxylic acids is 1. The number of aliphatic hydroxyl groups excluding tert-OH is 1. The summed E-state index contributed by atoms with van der Waals surface area (Å²) in [5.74, 6) is -2.06. The summed E-state index contributed by atoms with van der Waals surface area (Å²) in [6, 6.07) is 0. The van der Waals surface area contributed by atoms with Crippen LogP contribution in [0.5, 0.6) is 0 Å². The first-order chi connectivity index (χ1) is 7.91. The molecule has 1 aliphatic rings. The van der Waals surface area contributed by atoms with E-state index in [1.54, 1.807) is 6.92 Å². The number of aliphatic carboxylic acids is 1. The number of carbonyl (C=O) groups excluding carboxylic acids is 1. The summed E-state index contributed by atoms with van der Waals surface area (Å²) in [6.07, 6.45) is 2.20. The van der Waals surface area contributed by atoms with E-state index in [9.17, 15) is 14.7 Å². The van der Waals surface area contributed by atoms with Gasteiger partial charge >= 0.3 is 5.97 Å². The average molecular weight is 243 g/mol. The second-order valence-corrected chi connectivity index (χ2v) is 4.99. The third-order valence-corrected chi connectivity index (χ3v) is 3.63. The fourth-order valence-corrected chi connectivity index (χ4v) is 2.08. The quantitative estimate of drug-likeness (QED) is 0.660. The zero-order valence-electron chi connectivity index (χ0n) is 10.3. The molecule has 17 heavy (non-hydrogen) atoms. The van der Waals surface area contributed by atoms with Gasteiger partial charge in [-0.05, 0) is 25.2 Å². The van der Waals surface area contributed by atoms with Crippen molar-refractivity contribution in [2.45, 2.75) is 39.2 Å². The molecule has 0 saturated heterocycles. The van der Waals surface area contributed by atoms with Crippen LogP contribution < -0.4 is 5.32 Å². The zero-order chi connectivity index (χ0) is 13.0. The van der Waals surface area contributed by atoms with Crippen molar-refractivity contribution in [3.05, 3.63) is 0 Å². The molecule has 0 aromatic heterocycles. The number of carbonyl (C=O) groups is 2. The summed E-state index contributed by atoms with van der Waals surface area (Å²) in [5, 5.41) is 20.9. The Morgan fingerprint density at radius 3 is 2.41 bits per heavy atom. The predicted molar refractivity (Wildman–Crippen MR) is 62.3 cm³/mol. The molecule has 1 rings (SSSR count). The molecule has 3 N–H and O–H groups in total. The normalized spacial score (nSPS) is 27.5. The van der Waals surface area contributed by atoms with Crippen molar-refractivity contribution in [1.29, 1.82) is 0 Å². The van der Waals surface area contributed by atoms with Crippen molar-refractivity contribution in [2.24, 2.45) is 17.8 Å². The van der Waals surface area contributed by atoms with Crippen LogP contribution in [0.3, 0.4) is 0 Å². The van der Waals surface area contributed by atoms with Crippen LogP contribution in [0.25, 0.3) is 0 Å². The number of nitrogens with one attached hydrogen (secondary N) is 1. The molecule has 0 bridgehead atoms. The zero-order valence-corrected chi connectivity index (χ0v) is 10.3. The van der Waals surface area contributed by atoms with Gasteiger partial charge in [0, 0.05) is 12.5 Å². The van der Waals surface area contributed by atoms with E-state index in [1.807, 2.05) is 0 Å². The molecule has 1 fully saturated rings. The van der Waals surface area contributed by atoms with Crippen LogP contribution in [-0.2, 0) is 9.59 Å². The molecule has 98 valence electrons. The fraction of sp³-hybridized carbons (Fsp3) is 0.833. The van der Waals surface area contributed by atoms with Crippen molar-refractivity contribution in [3.63, 3.8) is 0 Å². The maximum absolute atomic E-state index is 11.7. The average Bonchev–Trinajstić information content (AvgIpc) is 2.69. The lowest BCUT2D eigenvalue weighted by molar-refractivity contribution is -0.146. The van der Waals surface area contributed by atoms with Gasteiger partial charge in [-0.1, -0.05) is 13.8 Å². The van der Waals surface area contributed by atoms with Crippen LogP contribution in [0.15, 0.2) is 0 Å². The Bertz CT molecular complexity index is 292. The molecule has 1 aliphatic carbocycles.